The van der Waals surface area contributed by atoms with E-state index in [0.29, 0.717) is 36.0 Å². The molecule has 0 saturated heterocycles. The van der Waals surface area contributed by atoms with E-state index in [1.165, 1.54) is 0 Å². The largest absolute Gasteiger partial charge is 1.00 e. The number of aryl methyl sites for hydroxylation is 1. The number of halogens is 1. The summed E-state index contributed by atoms with van der Waals surface area (Å²) in [6, 6.07) is 19.9. The minimum Gasteiger partial charge on any atom is -0.480 e. The van der Waals surface area contributed by atoms with Gasteiger partial charge in [-0.1, -0.05) is 60.1 Å². The Bertz CT molecular complexity index is 1160. The number of hydrogen-bond donors (Lipinski definition) is 2. The van der Waals surface area contributed by atoms with Gasteiger partial charge >= 0.3 is 24.8 Å². The van der Waals surface area contributed by atoms with E-state index in [1.54, 1.807) is 17.8 Å². The number of rotatable bonds is 11. The predicted molar refractivity (Wildman–Crippen MR) is 138 cm³/mol. The van der Waals surface area contributed by atoms with Crippen LogP contribution in [0.1, 0.15) is 33.5 Å². The molecular weight excluding hydrogens is 477 g/mol. The van der Waals surface area contributed by atoms with Crippen LogP contribution in [0.5, 0.6) is 0 Å². The second kappa shape index (κ2) is 14.4. The van der Waals surface area contributed by atoms with Gasteiger partial charge in [-0.3, -0.25) is 4.79 Å². The maximum atomic E-state index is 13.1. The minimum absolute atomic E-state index is 0. The van der Waals surface area contributed by atoms with Crippen LogP contribution in [0.3, 0.4) is 0 Å². The molecule has 1 atom stereocenters. The Balaban J connectivity index is 0.00000432. The van der Waals surface area contributed by atoms with Gasteiger partial charge in [-0.05, 0) is 71.4 Å². The summed E-state index contributed by atoms with van der Waals surface area (Å²) in [5.41, 5.74) is 4.91. The molecule has 3 aromatic carbocycles. The maximum Gasteiger partial charge on any atom is 1.00 e. The fraction of sp³-hybridized carbons (Fsp3) is 0.259. The molecule has 5 nitrogen and oxygen atoms in total. The van der Waals surface area contributed by atoms with E-state index < -0.39 is 17.9 Å². The topological polar surface area (TPSA) is 75.6 Å². The third-order valence-electron chi connectivity index (χ3n) is 5.46. The summed E-state index contributed by atoms with van der Waals surface area (Å²) in [4.78, 5) is 24.8. The fourth-order valence-electron chi connectivity index (χ4n) is 3.60. The van der Waals surface area contributed by atoms with Gasteiger partial charge in [0.25, 0.3) is 5.91 Å². The van der Waals surface area contributed by atoms with Crippen molar-refractivity contribution in [2.75, 3.05) is 12.0 Å². The quantitative estimate of drug-likeness (QED) is 0.393. The van der Waals surface area contributed by atoms with Crippen molar-refractivity contribution in [2.45, 2.75) is 32.6 Å². The number of ether oxygens (including phenoxy) is 1. The average Bonchev–Trinajstić information content (AvgIpc) is 2.83. The van der Waals surface area contributed by atoms with Gasteiger partial charge in [0, 0.05) is 10.6 Å². The van der Waals surface area contributed by atoms with Gasteiger partial charge in [-0.25, -0.2) is 4.79 Å². The van der Waals surface area contributed by atoms with E-state index in [9.17, 15) is 14.7 Å². The van der Waals surface area contributed by atoms with Crippen LogP contribution in [-0.4, -0.2) is 35.0 Å². The van der Waals surface area contributed by atoms with Gasteiger partial charge < -0.3 is 15.2 Å². The van der Waals surface area contributed by atoms with Crippen LogP contribution in [0.15, 0.2) is 66.7 Å². The van der Waals surface area contributed by atoms with Gasteiger partial charge in [0.2, 0.25) is 0 Å². The van der Waals surface area contributed by atoms with Gasteiger partial charge in [0.15, 0.2) is 0 Å². The van der Waals surface area contributed by atoms with Crippen LogP contribution in [0.4, 0.5) is 0 Å². The zero-order chi connectivity index (χ0) is 24.5. The molecule has 0 aromatic heterocycles. The van der Waals surface area contributed by atoms with E-state index >= 15 is 0 Å². The number of carboxylic acids is 1. The predicted octanol–water partition coefficient (Wildman–Crippen LogP) is 2.97. The Kier molecular flexibility index (Phi) is 11.9. The molecule has 0 aliphatic rings. The molecule has 0 aliphatic heterocycles. The first-order valence-electron chi connectivity index (χ1n) is 10.9. The van der Waals surface area contributed by atoms with Crippen molar-refractivity contribution in [1.82, 2.24) is 5.32 Å². The molecule has 178 valence electrons. The molecule has 8 heteroatoms. The number of carbonyl (C=O) groups excluding carboxylic acids is 1. The van der Waals surface area contributed by atoms with Crippen LogP contribution in [0.25, 0.3) is 11.1 Å². The van der Waals surface area contributed by atoms with Crippen molar-refractivity contribution in [3.05, 3.63) is 94.0 Å². The Morgan fingerprint density at radius 1 is 1.03 bits per heavy atom. The molecule has 0 fully saturated rings. The molecule has 1 amide bonds. The monoisotopic (exact) mass is 504 g/mol. The number of benzene rings is 3. The smallest absolute Gasteiger partial charge is 0.480 e. The Hall–Kier alpha value is -2.20. The van der Waals surface area contributed by atoms with E-state index in [-0.39, 0.29) is 18.9 Å². The zero-order valence-corrected chi connectivity index (χ0v) is 21.8. The van der Waals surface area contributed by atoms with Crippen molar-refractivity contribution in [2.24, 2.45) is 0 Å². The first-order chi connectivity index (χ1) is 16.4. The number of thioether (sulfide) groups is 1. The van der Waals surface area contributed by atoms with Crippen LogP contribution in [-0.2, 0) is 22.7 Å². The second-order valence-corrected chi connectivity index (χ2v) is 9.32. The third kappa shape index (κ3) is 8.17. The summed E-state index contributed by atoms with van der Waals surface area (Å²) in [5.74, 6) is -0.802. The standard InChI is InChI=1S/C27H28ClNO4S.Li/c1-18-7-3-5-9-21(18)23-15-19(16-33-17-20-8-4-6-10-24(20)28)11-12-22(23)26(30)29-25(27(31)32)13-14-34-2;/h3-12,15,25H,13-14,16-17H2,1-2H3,(H,29,30)(H,31,32);/q;+1. The fourth-order valence-corrected chi connectivity index (χ4v) is 4.26. The van der Waals surface area contributed by atoms with Crippen molar-refractivity contribution in [1.29, 1.82) is 0 Å². The molecular formula is C27H28ClLiNO4S+. The summed E-state index contributed by atoms with van der Waals surface area (Å²) in [5, 5.41) is 12.9. The van der Waals surface area contributed by atoms with E-state index in [4.69, 9.17) is 16.3 Å². The Morgan fingerprint density at radius 2 is 1.74 bits per heavy atom. The molecule has 0 spiro atoms. The van der Waals surface area contributed by atoms with Crippen molar-refractivity contribution in [3.8, 4) is 11.1 Å². The SMILES string of the molecule is CSCCC(NC(=O)c1ccc(COCc2ccccc2Cl)cc1-c1ccccc1C)C(=O)O.[Li+]. The first-order valence-corrected chi connectivity index (χ1v) is 12.7. The summed E-state index contributed by atoms with van der Waals surface area (Å²) in [7, 11) is 0. The summed E-state index contributed by atoms with van der Waals surface area (Å²) in [6.07, 6.45) is 2.26. The van der Waals surface area contributed by atoms with Crippen LogP contribution < -0.4 is 24.2 Å². The summed E-state index contributed by atoms with van der Waals surface area (Å²) in [6.45, 7) is 2.70. The molecule has 0 heterocycles. The average molecular weight is 505 g/mol. The van der Waals surface area contributed by atoms with Crippen molar-refractivity contribution < 1.29 is 38.3 Å². The molecule has 0 bridgehead atoms. The first kappa shape index (κ1) is 29.0. The van der Waals surface area contributed by atoms with Crippen molar-refractivity contribution in [3.63, 3.8) is 0 Å². The maximum absolute atomic E-state index is 13.1. The molecule has 3 aromatic rings. The Labute approximate surface area is 227 Å². The Morgan fingerprint density at radius 3 is 2.43 bits per heavy atom. The molecule has 0 radical (unpaired) electrons. The number of aliphatic carboxylic acids is 1. The molecule has 1 unspecified atom stereocenters. The molecule has 3 rings (SSSR count). The van der Waals surface area contributed by atoms with Crippen LogP contribution in [0.2, 0.25) is 5.02 Å². The van der Waals surface area contributed by atoms with E-state index in [1.807, 2.05) is 73.8 Å². The summed E-state index contributed by atoms with van der Waals surface area (Å²) < 4.78 is 5.88. The molecule has 35 heavy (non-hydrogen) atoms. The molecule has 0 aliphatic carbocycles. The second-order valence-electron chi connectivity index (χ2n) is 7.92. The number of carboxylic acid groups (broad SMARTS) is 1. The summed E-state index contributed by atoms with van der Waals surface area (Å²) >= 11 is 7.76. The van der Waals surface area contributed by atoms with Crippen LogP contribution in [0, 0.1) is 6.92 Å². The normalized spacial score (nSPS) is 11.4. The zero-order valence-electron chi connectivity index (χ0n) is 20.2. The van der Waals surface area contributed by atoms with Crippen molar-refractivity contribution >= 4 is 35.2 Å². The number of amides is 1. The van der Waals surface area contributed by atoms with Gasteiger partial charge in [-0.2, -0.15) is 11.8 Å². The minimum atomic E-state index is -1.04. The molecule has 2 N–H and O–H groups in total. The van der Waals surface area contributed by atoms with Crippen LogP contribution >= 0.6 is 23.4 Å². The number of nitrogens with one attached hydrogen (secondary N) is 1. The molecule has 0 saturated carbocycles. The van der Waals surface area contributed by atoms with E-state index in [2.05, 4.69) is 5.32 Å². The van der Waals surface area contributed by atoms with Gasteiger partial charge in [0.1, 0.15) is 6.04 Å². The van der Waals surface area contributed by atoms with Gasteiger partial charge in [0.05, 0.1) is 13.2 Å². The van der Waals surface area contributed by atoms with Gasteiger partial charge in [-0.15, -0.1) is 0 Å². The number of hydrogen-bond acceptors (Lipinski definition) is 4. The van der Waals surface area contributed by atoms with E-state index in [0.717, 1.165) is 27.8 Å². The third-order valence-corrected chi connectivity index (χ3v) is 6.47. The number of carbonyl (C=O) groups is 2.